The van der Waals surface area contributed by atoms with Crippen LogP contribution in [0.3, 0.4) is 0 Å². The fraction of sp³-hybridized carbons (Fsp3) is 0.909. The highest BCUT2D eigenvalue weighted by molar-refractivity contribution is 7.92. The Kier molecular flexibility index (Phi) is 5.56. The molecule has 2 unspecified atom stereocenters. The summed E-state index contributed by atoms with van der Waals surface area (Å²) in [5, 5.41) is 7.35. The molecule has 0 radical (unpaired) electrons. The van der Waals surface area contributed by atoms with Crippen molar-refractivity contribution >= 4 is 25.8 Å². The Labute approximate surface area is 119 Å². The monoisotopic (exact) mass is 327 g/mol. The highest BCUT2D eigenvalue weighted by atomic mass is 32.2. The van der Waals surface area contributed by atoms with E-state index in [0.717, 1.165) is 17.6 Å². The SMILES string of the molecule is CCCCN(C1CCS(=O)(=O)C1)S(=O)(=O)C(C)C(=O)O. The molecule has 1 aliphatic heterocycles. The van der Waals surface area contributed by atoms with Crippen LogP contribution in [0.1, 0.15) is 33.1 Å². The zero-order chi connectivity index (χ0) is 15.6. The Morgan fingerprint density at radius 3 is 2.45 bits per heavy atom. The topological polar surface area (TPSA) is 109 Å². The van der Waals surface area contributed by atoms with Crippen LogP contribution in [0.15, 0.2) is 0 Å². The molecule has 1 heterocycles. The molecule has 9 heteroatoms. The Balaban J connectivity index is 3.04. The molecule has 0 aromatic carbocycles. The predicted molar refractivity (Wildman–Crippen MR) is 74.7 cm³/mol. The molecule has 1 saturated heterocycles. The van der Waals surface area contributed by atoms with E-state index in [2.05, 4.69) is 0 Å². The average molecular weight is 327 g/mol. The summed E-state index contributed by atoms with van der Waals surface area (Å²) in [6.07, 6.45) is 1.55. The van der Waals surface area contributed by atoms with Crippen molar-refractivity contribution in [2.24, 2.45) is 0 Å². The van der Waals surface area contributed by atoms with E-state index in [9.17, 15) is 21.6 Å². The molecule has 1 rings (SSSR count). The van der Waals surface area contributed by atoms with Gasteiger partial charge < -0.3 is 5.11 Å². The molecule has 118 valence electrons. The largest absolute Gasteiger partial charge is 0.480 e. The number of sulfonamides is 1. The Morgan fingerprint density at radius 2 is 2.05 bits per heavy atom. The number of carboxylic acid groups (broad SMARTS) is 1. The first-order valence-electron chi connectivity index (χ1n) is 6.55. The Bertz CT molecular complexity index is 553. The molecular formula is C11H21NO6S2. The minimum atomic E-state index is -4.04. The summed E-state index contributed by atoms with van der Waals surface area (Å²) in [4.78, 5) is 10.9. The maximum Gasteiger partial charge on any atom is 0.323 e. The molecule has 0 saturated carbocycles. The van der Waals surface area contributed by atoms with E-state index in [1.54, 1.807) is 0 Å². The molecule has 1 fully saturated rings. The van der Waals surface area contributed by atoms with Crippen LogP contribution < -0.4 is 0 Å². The molecule has 0 aromatic rings. The lowest BCUT2D eigenvalue weighted by molar-refractivity contribution is -0.136. The van der Waals surface area contributed by atoms with E-state index in [-0.39, 0.29) is 24.5 Å². The normalized spacial score (nSPS) is 23.9. The second-order valence-corrected chi connectivity index (χ2v) is 9.48. The van der Waals surface area contributed by atoms with Crippen LogP contribution in [-0.2, 0) is 24.7 Å². The summed E-state index contributed by atoms with van der Waals surface area (Å²) in [5.41, 5.74) is 0. The number of nitrogens with zero attached hydrogens (tertiary/aromatic N) is 1. The number of unbranched alkanes of at least 4 members (excludes halogenated alkanes) is 1. The Morgan fingerprint density at radius 1 is 1.45 bits per heavy atom. The standard InChI is InChI=1S/C11H21NO6S2/c1-3-4-6-12(10-5-7-19(15,16)8-10)20(17,18)9(2)11(13)14/h9-10H,3-8H2,1-2H3,(H,13,14). The molecule has 0 aliphatic carbocycles. The van der Waals surface area contributed by atoms with Crippen LogP contribution in [0.25, 0.3) is 0 Å². The van der Waals surface area contributed by atoms with Gasteiger partial charge in [-0.15, -0.1) is 0 Å². The third kappa shape index (κ3) is 3.92. The van der Waals surface area contributed by atoms with Crippen molar-refractivity contribution in [1.82, 2.24) is 4.31 Å². The van der Waals surface area contributed by atoms with E-state index >= 15 is 0 Å². The molecule has 1 aliphatic rings. The van der Waals surface area contributed by atoms with Gasteiger partial charge in [-0.1, -0.05) is 13.3 Å². The van der Waals surface area contributed by atoms with Gasteiger partial charge in [-0.3, -0.25) is 4.79 Å². The van der Waals surface area contributed by atoms with Gasteiger partial charge in [-0.2, -0.15) is 4.31 Å². The number of hydrogen-bond acceptors (Lipinski definition) is 5. The Hall–Kier alpha value is -0.670. The first-order valence-corrected chi connectivity index (χ1v) is 9.88. The fourth-order valence-electron chi connectivity index (χ4n) is 2.16. The van der Waals surface area contributed by atoms with Gasteiger partial charge in [0.2, 0.25) is 10.0 Å². The minimum Gasteiger partial charge on any atom is -0.480 e. The summed E-state index contributed by atoms with van der Waals surface area (Å²) in [6, 6.07) is -0.640. The van der Waals surface area contributed by atoms with E-state index in [4.69, 9.17) is 5.11 Å². The van der Waals surface area contributed by atoms with Gasteiger partial charge in [-0.25, -0.2) is 16.8 Å². The average Bonchev–Trinajstić information content (AvgIpc) is 2.68. The first kappa shape index (κ1) is 17.4. The molecule has 1 N–H and O–H groups in total. The third-order valence-electron chi connectivity index (χ3n) is 3.47. The van der Waals surface area contributed by atoms with Gasteiger partial charge >= 0.3 is 5.97 Å². The lowest BCUT2D eigenvalue weighted by Crippen LogP contribution is -2.47. The summed E-state index contributed by atoms with van der Waals surface area (Å²) in [5.74, 6) is -1.69. The van der Waals surface area contributed by atoms with Crippen molar-refractivity contribution in [1.29, 1.82) is 0 Å². The number of carbonyl (C=O) groups is 1. The molecule has 0 bridgehead atoms. The number of carboxylic acids is 1. The number of sulfone groups is 1. The van der Waals surface area contributed by atoms with Crippen molar-refractivity contribution in [2.75, 3.05) is 18.1 Å². The molecule has 0 spiro atoms. The van der Waals surface area contributed by atoms with Gasteiger partial charge in [0, 0.05) is 12.6 Å². The minimum absolute atomic E-state index is 0.0444. The van der Waals surface area contributed by atoms with Crippen LogP contribution in [0, 0.1) is 0 Å². The van der Waals surface area contributed by atoms with Gasteiger partial charge in [0.05, 0.1) is 11.5 Å². The summed E-state index contributed by atoms with van der Waals surface area (Å²) < 4.78 is 48.8. The second kappa shape index (κ2) is 6.40. The molecule has 2 atom stereocenters. The number of rotatable bonds is 7. The van der Waals surface area contributed by atoms with Crippen LogP contribution in [0.5, 0.6) is 0 Å². The summed E-state index contributed by atoms with van der Waals surface area (Å²) >= 11 is 0. The molecular weight excluding hydrogens is 306 g/mol. The van der Waals surface area contributed by atoms with E-state index in [0.29, 0.717) is 6.42 Å². The van der Waals surface area contributed by atoms with E-state index < -0.39 is 37.1 Å². The van der Waals surface area contributed by atoms with Crippen LogP contribution in [0.2, 0.25) is 0 Å². The second-order valence-electron chi connectivity index (χ2n) is 5.05. The highest BCUT2D eigenvalue weighted by Crippen LogP contribution is 2.23. The maximum atomic E-state index is 12.3. The van der Waals surface area contributed by atoms with E-state index in [1.807, 2.05) is 6.92 Å². The van der Waals surface area contributed by atoms with Crippen molar-refractivity contribution in [3.05, 3.63) is 0 Å². The van der Waals surface area contributed by atoms with Gasteiger partial charge in [0.25, 0.3) is 0 Å². The van der Waals surface area contributed by atoms with Crippen molar-refractivity contribution < 1.29 is 26.7 Å². The quantitative estimate of drug-likeness (QED) is 0.709. The molecule has 0 amide bonds. The molecule has 20 heavy (non-hydrogen) atoms. The zero-order valence-electron chi connectivity index (χ0n) is 11.6. The maximum absolute atomic E-state index is 12.3. The third-order valence-corrected chi connectivity index (χ3v) is 7.45. The highest BCUT2D eigenvalue weighted by Gasteiger charge is 2.41. The predicted octanol–water partition coefficient (Wildman–Crippen LogP) is 0.0785. The van der Waals surface area contributed by atoms with E-state index in [1.165, 1.54) is 0 Å². The fourth-order valence-corrected chi connectivity index (χ4v) is 5.63. The number of aliphatic carboxylic acids is 1. The van der Waals surface area contributed by atoms with Gasteiger partial charge in [0.1, 0.15) is 0 Å². The summed E-state index contributed by atoms with van der Waals surface area (Å²) in [7, 11) is -7.26. The van der Waals surface area contributed by atoms with Crippen molar-refractivity contribution in [3.63, 3.8) is 0 Å². The van der Waals surface area contributed by atoms with Crippen LogP contribution >= 0.6 is 0 Å². The van der Waals surface area contributed by atoms with Crippen LogP contribution in [0.4, 0.5) is 0 Å². The van der Waals surface area contributed by atoms with Crippen molar-refractivity contribution in [3.8, 4) is 0 Å². The summed E-state index contributed by atoms with van der Waals surface area (Å²) in [6.45, 7) is 3.16. The van der Waals surface area contributed by atoms with Gasteiger partial charge in [-0.05, 0) is 19.8 Å². The van der Waals surface area contributed by atoms with Gasteiger partial charge in [0.15, 0.2) is 15.1 Å². The lowest BCUT2D eigenvalue weighted by Gasteiger charge is -2.28. The van der Waals surface area contributed by atoms with Crippen LogP contribution in [-0.4, -0.2) is 61.6 Å². The smallest absolute Gasteiger partial charge is 0.323 e. The number of hydrogen-bond donors (Lipinski definition) is 1. The molecule has 7 nitrogen and oxygen atoms in total. The zero-order valence-corrected chi connectivity index (χ0v) is 13.3. The first-order chi connectivity index (χ1) is 9.12. The van der Waals surface area contributed by atoms with Crippen molar-refractivity contribution in [2.45, 2.75) is 44.4 Å². The molecule has 0 aromatic heterocycles. The lowest BCUT2D eigenvalue weighted by atomic mass is 10.2.